The van der Waals surface area contributed by atoms with Crippen LogP contribution in [0.3, 0.4) is 0 Å². The number of hydrogen-bond acceptors (Lipinski definition) is 5. The summed E-state index contributed by atoms with van der Waals surface area (Å²) in [6.45, 7) is 9.36. The van der Waals surface area contributed by atoms with Gasteiger partial charge < -0.3 is 14.7 Å². The van der Waals surface area contributed by atoms with E-state index in [1.165, 1.54) is 5.69 Å². The molecule has 184 valence electrons. The second kappa shape index (κ2) is 8.36. The third-order valence-corrected chi connectivity index (χ3v) is 7.36. The molecule has 0 spiro atoms. The predicted molar refractivity (Wildman–Crippen MR) is 136 cm³/mol. The summed E-state index contributed by atoms with van der Waals surface area (Å²) in [5.41, 5.74) is 6.15. The van der Waals surface area contributed by atoms with Crippen molar-refractivity contribution in [2.24, 2.45) is 5.41 Å². The molecule has 1 saturated heterocycles. The summed E-state index contributed by atoms with van der Waals surface area (Å²) in [5.74, 6) is 0.0120. The van der Waals surface area contributed by atoms with E-state index in [0.717, 1.165) is 47.7 Å². The summed E-state index contributed by atoms with van der Waals surface area (Å²) in [6.07, 6.45) is 4.27. The molecule has 0 saturated carbocycles. The number of benzene rings is 1. The van der Waals surface area contributed by atoms with Crippen LogP contribution in [0.2, 0.25) is 0 Å². The molecular weight excluding hydrogens is 440 g/mol. The number of rotatable bonds is 4. The van der Waals surface area contributed by atoms with E-state index in [-0.39, 0.29) is 29.3 Å². The largest absolute Gasteiger partial charge is 0.339 e. The average molecular weight is 475 g/mol. The third kappa shape index (κ3) is 3.94. The maximum Gasteiger partial charge on any atom is 0.246 e. The van der Waals surface area contributed by atoms with Crippen LogP contribution >= 0.6 is 0 Å². The monoisotopic (exact) mass is 474 g/mol. The lowest BCUT2D eigenvalue weighted by Gasteiger charge is -2.44. The summed E-state index contributed by atoms with van der Waals surface area (Å²) in [4.78, 5) is 35.2. The molecule has 0 unspecified atom stereocenters. The van der Waals surface area contributed by atoms with Crippen molar-refractivity contribution in [3.8, 4) is 0 Å². The number of aryl methyl sites for hydroxylation is 2. The van der Waals surface area contributed by atoms with Crippen LogP contribution in [0.15, 0.2) is 36.5 Å². The van der Waals surface area contributed by atoms with Crippen LogP contribution < -0.4 is 4.90 Å². The molecule has 8 heteroatoms. The van der Waals surface area contributed by atoms with Gasteiger partial charge in [0.25, 0.3) is 0 Å². The SMILES string of the molecule is Cc1cc2ncc3c(n2n1)CCCN3c1ccc([C@H](N(C)C(=O)[C@H]2CC(=O)N2C)C(C)(C)C)cc1. The zero-order chi connectivity index (χ0) is 25.1. The molecule has 2 atom stereocenters. The fraction of sp³-hybridized carbons (Fsp3) is 0.481. The van der Waals surface area contributed by atoms with Crippen molar-refractivity contribution in [1.29, 1.82) is 0 Å². The van der Waals surface area contributed by atoms with E-state index in [1.54, 1.807) is 11.9 Å². The van der Waals surface area contributed by atoms with Gasteiger partial charge >= 0.3 is 0 Å². The Morgan fingerprint density at radius 2 is 1.91 bits per heavy atom. The van der Waals surface area contributed by atoms with Crippen LogP contribution in [-0.2, 0) is 16.0 Å². The van der Waals surface area contributed by atoms with Crippen LogP contribution in [0.5, 0.6) is 0 Å². The topological polar surface area (TPSA) is 74.0 Å². The third-order valence-electron chi connectivity index (χ3n) is 7.36. The average Bonchev–Trinajstić information content (AvgIpc) is 3.22. The number of amides is 2. The Labute approximate surface area is 206 Å². The standard InChI is InChI=1S/C27H34N6O2/c1-17-14-23-28-16-22-20(33(23)29-17)8-7-13-32(22)19-11-9-18(10-12-19)25(27(2,3)4)31(6)26(35)21-15-24(34)30(21)5/h9-12,14,16,21,25H,7-8,13,15H2,1-6H3/t21-,25+/m1/s1. The molecule has 3 aromatic rings. The minimum atomic E-state index is -0.364. The van der Waals surface area contributed by atoms with Gasteiger partial charge in [0.1, 0.15) is 6.04 Å². The molecular formula is C27H34N6O2. The molecule has 8 nitrogen and oxygen atoms in total. The number of likely N-dealkylation sites (tertiary alicyclic amines) is 1. The van der Waals surface area contributed by atoms with Gasteiger partial charge in [-0.05, 0) is 42.9 Å². The Morgan fingerprint density at radius 3 is 2.54 bits per heavy atom. The van der Waals surface area contributed by atoms with E-state index >= 15 is 0 Å². The Balaban J connectivity index is 1.44. The zero-order valence-corrected chi connectivity index (χ0v) is 21.4. The molecule has 0 aliphatic carbocycles. The number of nitrogens with zero attached hydrogens (tertiary/aromatic N) is 6. The highest BCUT2D eigenvalue weighted by atomic mass is 16.2. The Bertz CT molecular complexity index is 1290. The highest BCUT2D eigenvalue weighted by molar-refractivity contribution is 5.97. The minimum Gasteiger partial charge on any atom is -0.339 e. The number of carbonyl (C=O) groups is 2. The summed E-state index contributed by atoms with van der Waals surface area (Å²) in [5, 5.41) is 4.66. The molecule has 35 heavy (non-hydrogen) atoms. The zero-order valence-electron chi connectivity index (χ0n) is 21.4. The van der Waals surface area contributed by atoms with Crippen molar-refractivity contribution in [3.05, 3.63) is 53.5 Å². The first-order valence-electron chi connectivity index (χ1n) is 12.3. The highest BCUT2D eigenvalue weighted by Gasteiger charge is 2.43. The first kappa shape index (κ1) is 23.3. The lowest BCUT2D eigenvalue weighted by molar-refractivity contribution is -0.157. The number of hydrogen-bond donors (Lipinski definition) is 0. The second-order valence-corrected chi connectivity index (χ2v) is 10.9. The fourth-order valence-electron chi connectivity index (χ4n) is 5.60. The molecule has 2 aliphatic rings. The van der Waals surface area contributed by atoms with Gasteiger partial charge in [-0.1, -0.05) is 32.9 Å². The summed E-state index contributed by atoms with van der Waals surface area (Å²) < 4.78 is 1.98. The second-order valence-electron chi connectivity index (χ2n) is 10.9. The molecule has 2 amide bonds. The number of carbonyl (C=O) groups excluding carboxylic acids is 2. The van der Waals surface area contributed by atoms with Crippen molar-refractivity contribution in [1.82, 2.24) is 24.4 Å². The Morgan fingerprint density at radius 1 is 1.20 bits per heavy atom. The molecule has 2 aromatic heterocycles. The molecule has 2 aliphatic heterocycles. The smallest absolute Gasteiger partial charge is 0.246 e. The number of fused-ring (bicyclic) bond motifs is 3. The van der Waals surface area contributed by atoms with Crippen molar-refractivity contribution in [3.63, 3.8) is 0 Å². The van der Waals surface area contributed by atoms with Crippen LogP contribution in [0.1, 0.15) is 56.6 Å². The summed E-state index contributed by atoms with van der Waals surface area (Å²) >= 11 is 0. The number of β-lactam (4-membered cyclic amide) rings is 1. The van der Waals surface area contributed by atoms with Crippen molar-refractivity contribution in [2.45, 2.75) is 59.0 Å². The molecule has 4 heterocycles. The van der Waals surface area contributed by atoms with Gasteiger partial charge in [0.15, 0.2) is 5.65 Å². The van der Waals surface area contributed by atoms with E-state index in [1.807, 2.05) is 35.6 Å². The van der Waals surface area contributed by atoms with Gasteiger partial charge in [0, 0.05) is 32.4 Å². The summed E-state index contributed by atoms with van der Waals surface area (Å²) in [7, 11) is 3.56. The van der Waals surface area contributed by atoms with E-state index < -0.39 is 0 Å². The number of anilines is 2. The van der Waals surface area contributed by atoms with Crippen LogP contribution in [-0.4, -0.2) is 62.9 Å². The van der Waals surface area contributed by atoms with E-state index in [9.17, 15) is 9.59 Å². The molecule has 0 N–H and O–H groups in total. The Hall–Kier alpha value is -3.42. The van der Waals surface area contributed by atoms with Crippen LogP contribution in [0, 0.1) is 12.3 Å². The molecule has 1 aromatic carbocycles. The Kier molecular flexibility index (Phi) is 5.57. The van der Waals surface area contributed by atoms with E-state index in [2.05, 4.69) is 60.0 Å². The lowest BCUT2D eigenvalue weighted by Crippen LogP contribution is -2.58. The molecule has 0 radical (unpaired) electrons. The maximum atomic E-state index is 13.2. The van der Waals surface area contributed by atoms with Gasteiger partial charge in [-0.25, -0.2) is 9.50 Å². The van der Waals surface area contributed by atoms with Crippen LogP contribution in [0.4, 0.5) is 11.4 Å². The van der Waals surface area contributed by atoms with Gasteiger partial charge in [0.05, 0.1) is 35.7 Å². The number of aromatic nitrogens is 3. The van der Waals surface area contributed by atoms with Crippen molar-refractivity contribution >= 4 is 28.8 Å². The molecule has 0 bridgehead atoms. The lowest BCUT2D eigenvalue weighted by atomic mass is 9.80. The van der Waals surface area contributed by atoms with Crippen molar-refractivity contribution < 1.29 is 9.59 Å². The van der Waals surface area contributed by atoms with Gasteiger partial charge in [0.2, 0.25) is 11.8 Å². The van der Waals surface area contributed by atoms with Gasteiger partial charge in [-0.2, -0.15) is 5.10 Å². The van der Waals surface area contributed by atoms with Gasteiger partial charge in [-0.3, -0.25) is 9.59 Å². The van der Waals surface area contributed by atoms with E-state index in [0.29, 0.717) is 6.42 Å². The quantitative estimate of drug-likeness (QED) is 0.536. The first-order chi connectivity index (χ1) is 16.6. The normalized spacial score (nSPS) is 18.9. The number of likely N-dealkylation sites (N-methyl/N-ethyl adjacent to an activating group) is 2. The van der Waals surface area contributed by atoms with Crippen LogP contribution in [0.25, 0.3) is 5.65 Å². The highest BCUT2D eigenvalue weighted by Crippen LogP contribution is 2.40. The summed E-state index contributed by atoms with van der Waals surface area (Å²) in [6, 6.07) is 10.1. The molecule has 1 fully saturated rings. The fourth-order valence-corrected chi connectivity index (χ4v) is 5.60. The van der Waals surface area contributed by atoms with Gasteiger partial charge in [-0.15, -0.1) is 0 Å². The maximum absolute atomic E-state index is 13.2. The minimum absolute atomic E-state index is 0.00864. The first-order valence-corrected chi connectivity index (χ1v) is 12.3. The predicted octanol–water partition coefficient (Wildman–Crippen LogP) is 3.90. The van der Waals surface area contributed by atoms with Crippen molar-refractivity contribution in [2.75, 3.05) is 25.5 Å². The molecule has 5 rings (SSSR count). The van der Waals surface area contributed by atoms with E-state index in [4.69, 9.17) is 0 Å².